The van der Waals surface area contributed by atoms with Gasteiger partial charge in [-0.25, -0.2) is 0 Å². The molecular weight excluding hydrogens is 308 g/mol. The molecule has 2 heteroatoms. The molecule has 0 aliphatic rings. The van der Waals surface area contributed by atoms with Gasteiger partial charge in [0.25, 0.3) is 0 Å². The third-order valence-electron chi connectivity index (χ3n) is 4.29. The summed E-state index contributed by atoms with van der Waals surface area (Å²) in [7, 11) is 0. The minimum Gasteiger partial charge on any atom is -0.506 e. The summed E-state index contributed by atoms with van der Waals surface area (Å²) < 4.78 is 0. The van der Waals surface area contributed by atoms with E-state index in [1.807, 2.05) is 36.4 Å². The zero-order valence-corrected chi connectivity index (χ0v) is 13.4. The van der Waals surface area contributed by atoms with E-state index in [2.05, 4.69) is 30.0 Å². The highest BCUT2D eigenvalue weighted by atomic mass is 16.3. The van der Waals surface area contributed by atoms with Crippen LogP contribution in [0.25, 0.3) is 21.5 Å². The fourth-order valence-corrected chi connectivity index (χ4v) is 3.04. The number of carbonyl (C=O) groups is 1. The first-order chi connectivity index (χ1) is 12.3. The molecule has 1 N–H and O–H groups in total. The van der Waals surface area contributed by atoms with Gasteiger partial charge in [0.1, 0.15) is 5.75 Å². The normalized spacial score (nSPS) is 10.4. The maximum Gasteiger partial charge on any atom is 0.153 e. The summed E-state index contributed by atoms with van der Waals surface area (Å²) in [5.74, 6) is 6.17. The van der Waals surface area contributed by atoms with Gasteiger partial charge in [0.15, 0.2) is 6.29 Å². The minimum atomic E-state index is -0.0745. The standard InChI is InChI=1S/C23H14O2/c24-15-19-9-5-8-16(23(19)25)12-13-22-20-10-3-1-6-17(20)14-18-7-2-4-11-21(18)22/h1-11,14-15,25H. The Morgan fingerprint density at radius 3 is 2.04 bits per heavy atom. The molecule has 0 saturated carbocycles. The Labute approximate surface area is 145 Å². The number of benzene rings is 4. The second-order valence-electron chi connectivity index (χ2n) is 5.81. The van der Waals surface area contributed by atoms with E-state index in [4.69, 9.17) is 0 Å². The Balaban J connectivity index is 2.00. The molecule has 0 bridgehead atoms. The SMILES string of the molecule is O=Cc1cccc(C#Cc2c3ccccc3cc3ccccc23)c1O. The first kappa shape index (κ1) is 15.0. The van der Waals surface area contributed by atoms with Crippen LogP contribution in [0, 0.1) is 11.8 Å². The Morgan fingerprint density at radius 2 is 1.40 bits per heavy atom. The molecule has 0 saturated heterocycles. The molecule has 4 aromatic carbocycles. The van der Waals surface area contributed by atoms with Crippen LogP contribution in [0.4, 0.5) is 0 Å². The molecule has 0 aliphatic carbocycles. The Kier molecular flexibility index (Phi) is 3.68. The molecule has 2 nitrogen and oxygen atoms in total. The van der Waals surface area contributed by atoms with Gasteiger partial charge in [0.05, 0.1) is 11.1 Å². The monoisotopic (exact) mass is 322 g/mol. The molecule has 0 aliphatic heterocycles. The molecule has 0 heterocycles. The molecule has 25 heavy (non-hydrogen) atoms. The summed E-state index contributed by atoms with van der Waals surface area (Å²) in [6.07, 6.45) is 0.633. The van der Waals surface area contributed by atoms with Gasteiger partial charge >= 0.3 is 0 Å². The van der Waals surface area contributed by atoms with E-state index < -0.39 is 0 Å². The van der Waals surface area contributed by atoms with E-state index in [0.29, 0.717) is 11.8 Å². The van der Waals surface area contributed by atoms with Gasteiger partial charge in [-0.05, 0) is 39.7 Å². The zero-order chi connectivity index (χ0) is 17.2. The third-order valence-corrected chi connectivity index (χ3v) is 4.29. The molecule has 118 valence electrons. The van der Waals surface area contributed by atoms with Crippen LogP contribution in [0.2, 0.25) is 0 Å². The fraction of sp³-hybridized carbons (Fsp3) is 0. The lowest BCUT2D eigenvalue weighted by atomic mass is 9.97. The lowest BCUT2D eigenvalue weighted by molar-refractivity contribution is 0.112. The van der Waals surface area contributed by atoms with Gasteiger partial charge in [0, 0.05) is 5.56 Å². The molecule has 4 aromatic rings. The van der Waals surface area contributed by atoms with Crippen molar-refractivity contribution in [3.63, 3.8) is 0 Å². The van der Waals surface area contributed by atoms with Crippen LogP contribution in [0.3, 0.4) is 0 Å². The van der Waals surface area contributed by atoms with Crippen molar-refractivity contribution in [2.45, 2.75) is 0 Å². The highest BCUT2D eigenvalue weighted by molar-refractivity contribution is 6.04. The first-order valence-corrected chi connectivity index (χ1v) is 7.97. The van der Waals surface area contributed by atoms with E-state index >= 15 is 0 Å². The average Bonchev–Trinajstić information content (AvgIpc) is 2.66. The Hall–Kier alpha value is -3.57. The van der Waals surface area contributed by atoms with E-state index in [-0.39, 0.29) is 11.3 Å². The number of aromatic hydroxyl groups is 1. The second-order valence-corrected chi connectivity index (χ2v) is 5.81. The number of fused-ring (bicyclic) bond motifs is 2. The molecule has 0 amide bonds. The highest BCUT2D eigenvalue weighted by Gasteiger charge is 2.06. The molecule has 0 atom stereocenters. The molecule has 0 aromatic heterocycles. The Bertz CT molecular complexity index is 1120. The summed E-state index contributed by atoms with van der Waals surface area (Å²) >= 11 is 0. The van der Waals surface area contributed by atoms with Crippen LogP contribution in [-0.4, -0.2) is 11.4 Å². The van der Waals surface area contributed by atoms with Crippen molar-refractivity contribution >= 4 is 27.8 Å². The minimum absolute atomic E-state index is 0.0745. The number of carbonyl (C=O) groups excluding carboxylic acids is 1. The molecule has 0 fully saturated rings. The molecule has 0 spiro atoms. The van der Waals surface area contributed by atoms with Crippen molar-refractivity contribution in [1.82, 2.24) is 0 Å². The summed E-state index contributed by atoms with van der Waals surface area (Å²) in [6, 6.07) is 23.4. The summed E-state index contributed by atoms with van der Waals surface area (Å²) in [4.78, 5) is 11.0. The molecule has 0 radical (unpaired) electrons. The third kappa shape index (κ3) is 2.62. The van der Waals surface area contributed by atoms with Gasteiger partial charge in [-0.2, -0.15) is 0 Å². The topological polar surface area (TPSA) is 37.3 Å². The number of phenols is 1. The lowest BCUT2D eigenvalue weighted by Gasteiger charge is -2.06. The second kappa shape index (κ2) is 6.14. The van der Waals surface area contributed by atoms with Crippen molar-refractivity contribution in [3.05, 3.63) is 89.5 Å². The van der Waals surface area contributed by atoms with E-state index in [9.17, 15) is 9.90 Å². The maximum atomic E-state index is 11.0. The van der Waals surface area contributed by atoms with Crippen LogP contribution >= 0.6 is 0 Å². The maximum absolute atomic E-state index is 11.0. The van der Waals surface area contributed by atoms with Gasteiger partial charge in [-0.15, -0.1) is 0 Å². The summed E-state index contributed by atoms with van der Waals surface area (Å²) in [5.41, 5.74) is 1.61. The number of hydrogen-bond acceptors (Lipinski definition) is 2. The van der Waals surface area contributed by atoms with Crippen LogP contribution in [0.1, 0.15) is 21.5 Å². The van der Waals surface area contributed by atoms with Gasteiger partial charge in [0.2, 0.25) is 0 Å². The van der Waals surface area contributed by atoms with Gasteiger partial charge in [-0.3, -0.25) is 4.79 Å². The average molecular weight is 322 g/mol. The van der Waals surface area contributed by atoms with Gasteiger partial charge in [-0.1, -0.05) is 66.4 Å². The van der Waals surface area contributed by atoms with Crippen molar-refractivity contribution in [1.29, 1.82) is 0 Å². The lowest BCUT2D eigenvalue weighted by Crippen LogP contribution is -1.87. The number of para-hydroxylation sites is 1. The number of hydrogen-bond donors (Lipinski definition) is 1. The van der Waals surface area contributed by atoms with E-state index in [1.165, 1.54) is 0 Å². The van der Waals surface area contributed by atoms with Crippen molar-refractivity contribution in [3.8, 4) is 17.6 Å². The summed E-state index contributed by atoms with van der Waals surface area (Å²) in [5, 5.41) is 14.5. The quantitative estimate of drug-likeness (QED) is 0.307. The fourth-order valence-electron chi connectivity index (χ4n) is 3.04. The van der Waals surface area contributed by atoms with E-state index in [1.54, 1.807) is 18.2 Å². The predicted octanol–water partition coefficient (Wildman–Crippen LogP) is 4.91. The van der Waals surface area contributed by atoms with Crippen LogP contribution in [0.15, 0.2) is 72.8 Å². The van der Waals surface area contributed by atoms with Crippen LogP contribution < -0.4 is 0 Å². The Morgan fingerprint density at radius 1 is 0.760 bits per heavy atom. The van der Waals surface area contributed by atoms with E-state index in [0.717, 1.165) is 27.1 Å². The predicted molar refractivity (Wildman–Crippen MR) is 101 cm³/mol. The smallest absolute Gasteiger partial charge is 0.153 e. The first-order valence-electron chi connectivity index (χ1n) is 7.97. The molecule has 4 rings (SSSR count). The van der Waals surface area contributed by atoms with Gasteiger partial charge < -0.3 is 5.11 Å². The van der Waals surface area contributed by atoms with Crippen molar-refractivity contribution < 1.29 is 9.90 Å². The van der Waals surface area contributed by atoms with Crippen molar-refractivity contribution in [2.75, 3.05) is 0 Å². The zero-order valence-electron chi connectivity index (χ0n) is 13.4. The summed E-state index contributed by atoms with van der Waals surface area (Å²) in [6.45, 7) is 0. The highest BCUT2D eigenvalue weighted by Crippen LogP contribution is 2.28. The number of aldehydes is 1. The molecule has 0 unspecified atom stereocenters. The number of rotatable bonds is 1. The van der Waals surface area contributed by atoms with Crippen LogP contribution in [0.5, 0.6) is 5.75 Å². The largest absolute Gasteiger partial charge is 0.506 e. The van der Waals surface area contributed by atoms with Crippen LogP contribution in [-0.2, 0) is 0 Å². The molecular formula is C23H14O2. The number of phenolic OH excluding ortho intramolecular Hbond substituents is 1. The van der Waals surface area contributed by atoms with Crippen molar-refractivity contribution in [2.24, 2.45) is 0 Å².